The van der Waals surface area contributed by atoms with Crippen LogP contribution in [0.2, 0.25) is 0 Å². The number of benzene rings is 2. The first-order valence-electron chi connectivity index (χ1n) is 8.62. The summed E-state index contributed by atoms with van der Waals surface area (Å²) in [5, 5.41) is 17.6. The maximum Gasteiger partial charge on any atom is 0.267 e. The van der Waals surface area contributed by atoms with E-state index in [1.165, 1.54) is 13.1 Å². The van der Waals surface area contributed by atoms with Crippen LogP contribution in [-0.2, 0) is 9.59 Å². The van der Waals surface area contributed by atoms with Crippen molar-refractivity contribution in [2.45, 2.75) is 19.9 Å². The monoisotopic (exact) mass is 378 g/mol. The van der Waals surface area contributed by atoms with Crippen LogP contribution in [0.3, 0.4) is 0 Å². The molecule has 0 heterocycles. The summed E-state index contributed by atoms with van der Waals surface area (Å²) < 4.78 is 5.13. The number of nitrogens with zero attached hydrogens (tertiary/aromatic N) is 1. The average Bonchev–Trinajstić information content (AvgIpc) is 2.69. The molecule has 0 radical (unpaired) electrons. The zero-order valence-corrected chi connectivity index (χ0v) is 15.9. The highest BCUT2D eigenvalue weighted by molar-refractivity contribution is 6.06. The van der Waals surface area contributed by atoms with E-state index < -0.39 is 5.91 Å². The van der Waals surface area contributed by atoms with Crippen LogP contribution in [-0.4, -0.2) is 18.9 Å². The minimum Gasteiger partial charge on any atom is -0.497 e. The third kappa shape index (κ3) is 5.88. The molecule has 0 saturated carbocycles. The molecule has 1 atom stereocenters. The predicted octanol–water partition coefficient (Wildman–Crippen LogP) is 3.35. The Morgan fingerprint density at radius 3 is 2.11 bits per heavy atom. The van der Waals surface area contributed by atoms with Crippen molar-refractivity contribution in [1.82, 2.24) is 5.32 Å². The highest BCUT2D eigenvalue weighted by Crippen LogP contribution is 2.18. The van der Waals surface area contributed by atoms with E-state index in [2.05, 4.69) is 16.0 Å². The van der Waals surface area contributed by atoms with Crippen molar-refractivity contribution in [1.29, 1.82) is 5.26 Å². The van der Waals surface area contributed by atoms with E-state index in [1.54, 1.807) is 31.4 Å². The summed E-state index contributed by atoms with van der Waals surface area (Å²) in [5.41, 5.74) is 2.08. The van der Waals surface area contributed by atoms with Crippen LogP contribution in [0, 0.1) is 11.3 Å². The summed E-state index contributed by atoms with van der Waals surface area (Å²) in [6.45, 7) is 3.34. The van der Waals surface area contributed by atoms with Crippen LogP contribution in [0.15, 0.2) is 60.3 Å². The fourth-order valence-corrected chi connectivity index (χ4v) is 2.38. The number of nitriles is 1. The Morgan fingerprint density at radius 2 is 1.61 bits per heavy atom. The van der Waals surface area contributed by atoms with E-state index in [0.29, 0.717) is 11.4 Å². The molecule has 1 unspecified atom stereocenters. The van der Waals surface area contributed by atoms with Crippen LogP contribution < -0.4 is 20.7 Å². The maximum absolute atomic E-state index is 12.3. The van der Waals surface area contributed by atoms with Gasteiger partial charge in [0, 0.05) is 30.5 Å². The molecule has 0 spiro atoms. The molecule has 0 bridgehead atoms. The van der Waals surface area contributed by atoms with Gasteiger partial charge in [-0.2, -0.15) is 5.26 Å². The van der Waals surface area contributed by atoms with Gasteiger partial charge in [0.15, 0.2) is 0 Å². The third-order valence-corrected chi connectivity index (χ3v) is 3.92. The van der Waals surface area contributed by atoms with Gasteiger partial charge in [0.1, 0.15) is 17.4 Å². The minimum absolute atomic E-state index is 0.0497. The number of hydrogen-bond donors (Lipinski definition) is 3. The summed E-state index contributed by atoms with van der Waals surface area (Å²) in [4.78, 5) is 23.3. The van der Waals surface area contributed by atoms with Crippen LogP contribution in [0.1, 0.15) is 25.5 Å². The molecular formula is C21H22N4O3. The fourth-order valence-electron chi connectivity index (χ4n) is 2.38. The standard InChI is InChI=1S/C21H22N4O3/c1-14(16-4-10-20(28-3)11-5-16)23-13-17(12-22)21(27)25-19-8-6-18(7-9-19)24-15(2)26/h4-11,13-14,23H,1-3H3,(H,24,26)(H,25,27)/b17-13-. The number of carbonyl (C=O) groups is 2. The van der Waals surface area contributed by atoms with Crippen molar-refractivity contribution < 1.29 is 14.3 Å². The van der Waals surface area contributed by atoms with Crippen LogP contribution >= 0.6 is 0 Å². The van der Waals surface area contributed by atoms with E-state index in [9.17, 15) is 14.9 Å². The normalized spacial score (nSPS) is 11.7. The van der Waals surface area contributed by atoms with E-state index >= 15 is 0 Å². The molecule has 2 aromatic carbocycles. The quantitative estimate of drug-likeness (QED) is 0.506. The van der Waals surface area contributed by atoms with E-state index in [4.69, 9.17) is 4.74 Å². The SMILES string of the molecule is COc1ccc(C(C)N/C=C(/C#N)C(=O)Nc2ccc(NC(C)=O)cc2)cc1. The molecule has 0 fully saturated rings. The number of ether oxygens (including phenoxy) is 1. The van der Waals surface area contributed by atoms with E-state index in [0.717, 1.165) is 11.3 Å². The van der Waals surface area contributed by atoms with E-state index in [1.807, 2.05) is 37.3 Å². The Morgan fingerprint density at radius 1 is 1.04 bits per heavy atom. The Labute approximate surface area is 164 Å². The summed E-state index contributed by atoms with van der Waals surface area (Å²) in [6, 6.07) is 15.9. The maximum atomic E-state index is 12.3. The molecule has 0 aromatic heterocycles. The Bertz CT molecular complexity index is 897. The third-order valence-electron chi connectivity index (χ3n) is 3.92. The second-order valence-electron chi connectivity index (χ2n) is 6.04. The van der Waals surface area contributed by atoms with Crippen LogP contribution in [0.5, 0.6) is 5.75 Å². The van der Waals surface area contributed by atoms with Crippen molar-refractivity contribution in [2.75, 3.05) is 17.7 Å². The largest absolute Gasteiger partial charge is 0.497 e. The second-order valence-corrected chi connectivity index (χ2v) is 6.04. The van der Waals surface area contributed by atoms with Gasteiger partial charge >= 0.3 is 0 Å². The molecule has 2 rings (SSSR count). The van der Waals surface area contributed by atoms with Gasteiger partial charge in [-0.15, -0.1) is 0 Å². The Kier molecular flexibility index (Phi) is 7.17. The molecule has 7 nitrogen and oxygen atoms in total. The van der Waals surface area contributed by atoms with Crippen molar-refractivity contribution in [2.24, 2.45) is 0 Å². The second kappa shape index (κ2) is 9.78. The Balaban J connectivity index is 1.99. The lowest BCUT2D eigenvalue weighted by molar-refractivity contribution is -0.114. The molecule has 144 valence electrons. The van der Waals surface area contributed by atoms with Gasteiger partial charge in [0.05, 0.1) is 7.11 Å². The highest BCUT2D eigenvalue weighted by atomic mass is 16.5. The zero-order chi connectivity index (χ0) is 20.5. The van der Waals surface area contributed by atoms with Gasteiger partial charge in [-0.05, 0) is 48.9 Å². The number of carbonyl (C=O) groups excluding carboxylic acids is 2. The molecule has 28 heavy (non-hydrogen) atoms. The van der Waals surface area contributed by atoms with E-state index in [-0.39, 0.29) is 17.5 Å². The van der Waals surface area contributed by atoms with Crippen LogP contribution in [0.4, 0.5) is 11.4 Å². The first-order chi connectivity index (χ1) is 13.4. The number of rotatable bonds is 7. The summed E-state index contributed by atoms with van der Waals surface area (Å²) in [5.74, 6) is 0.0563. The van der Waals surface area contributed by atoms with Crippen molar-refractivity contribution in [3.05, 3.63) is 65.9 Å². The van der Waals surface area contributed by atoms with Crippen molar-refractivity contribution in [3.8, 4) is 11.8 Å². The molecule has 0 aliphatic rings. The number of methoxy groups -OCH3 is 1. The first kappa shape index (κ1) is 20.5. The average molecular weight is 378 g/mol. The summed E-state index contributed by atoms with van der Waals surface area (Å²) in [7, 11) is 1.60. The minimum atomic E-state index is -0.524. The topological polar surface area (TPSA) is 103 Å². The number of hydrogen-bond acceptors (Lipinski definition) is 5. The lowest BCUT2D eigenvalue weighted by atomic mass is 10.1. The van der Waals surface area contributed by atoms with Gasteiger partial charge in [0.2, 0.25) is 5.91 Å². The molecule has 0 aliphatic heterocycles. The number of amides is 2. The Hall–Kier alpha value is -3.79. The molecule has 2 amide bonds. The van der Waals surface area contributed by atoms with Crippen molar-refractivity contribution in [3.63, 3.8) is 0 Å². The fraction of sp³-hybridized carbons (Fsp3) is 0.190. The number of nitrogens with one attached hydrogen (secondary N) is 3. The molecule has 0 saturated heterocycles. The number of anilines is 2. The van der Waals surface area contributed by atoms with Gasteiger partial charge in [-0.25, -0.2) is 0 Å². The molecule has 0 aliphatic carbocycles. The van der Waals surface area contributed by atoms with Crippen molar-refractivity contribution >= 4 is 23.2 Å². The molecule has 7 heteroatoms. The molecule has 3 N–H and O–H groups in total. The van der Waals surface area contributed by atoms with Gasteiger partial charge in [-0.3, -0.25) is 9.59 Å². The molecular weight excluding hydrogens is 356 g/mol. The van der Waals surface area contributed by atoms with Crippen LogP contribution in [0.25, 0.3) is 0 Å². The lowest BCUT2D eigenvalue weighted by Crippen LogP contribution is -2.18. The summed E-state index contributed by atoms with van der Waals surface area (Å²) in [6.07, 6.45) is 1.40. The zero-order valence-electron chi connectivity index (χ0n) is 15.9. The lowest BCUT2D eigenvalue weighted by Gasteiger charge is -2.13. The molecule has 2 aromatic rings. The van der Waals surface area contributed by atoms with Gasteiger partial charge in [0.25, 0.3) is 5.91 Å². The van der Waals surface area contributed by atoms with Gasteiger partial charge < -0.3 is 20.7 Å². The highest BCUT2D eigenvalue weighted by Gasteiger charge is 2.11. The first-order valence-corrected chi connectivity index (χ1v) is 8.62. The van der Waals surface area contributed by atoms with Gasteiger partial charge in [-0.1, -0.05) is 12.1 Å². The summed E-state index contributed by atoms with van der Waals surface area (Å²) >= 11 is 0. The predicted molar refractivity (Wildman–Crippen MR) is 108 cm³/mol. The smallest absolute Gasteiger partial charge is 0.267 e.